The van der Waals surface area contributed by atoms with Crippen LogP contribution in [-0.4, -0.2) is 34.3 Å². The van der Waals surface area contributed by atoms with E-state index in [-0.39, 0.29) is 11.6 Å². The zero-order valence-corrected chi connectivity index (χ0v) is 11.8. The average Bonchev–Trinajstić information content (AvgIpc) is 2.34. The Morgan fingerprint density at radius 1 is 1.00 bits per heavy atom. The van der Waals surface area contributed by atoms with E-state index in [1.807, 2.05) is 6.92 Å². The molecule has 0 unspecified atom stereocenters. The monoisotopic (exact) mass is 246 g/mol. The van der Waals surface area contributed by atoms with Gasteiger partial charge >= 0.3 is 8.56 Å². The molecule has 4 nitrogen and oxygen atoms in total. The van der Waals surface area contributed by atoms with Gasteiger partial charge < -0.3 is 8.85 Å². The van der Waals surface area contributed by atoms with Gasteiger partial charge in [0.2, 0.25) is 0 Å². The van der Waals surface area contributed by atoms with Crippen molar-refractivity contribution in [3.63, 3.8) is 0 Å². The Balaban J connectivity index is 5.27. The highest BCUT2D eigenvalue weighted by Crippen LogP contribution is 2.31. The van der Waals surface area contributed by atoms with E-state index in [4.69, 9.17) is 8.85 Å². The van der Waals surface area contributed by atoms with Gasteiger partial charge in [0.1, 0.15) is 17.1 Å². The van der Waals surface area contributed by atoms with Crippen molar-refractivity contribution in [3.8, 4) is 0 Å². The molecule has 0 N–H and O–H groups in total. The summed E-state index contributed by atoms with van der Waals surface area (Å²) in [5.41, 5.74) is -0.678. The molecule has 0 aromatic rings. The molecule has 0 saturated heterocycles. The fourth-order valence-electron chi connectivity index (χ4n) is 1.89. The Labute approximate surface area is 98.6 Å². The standard InChI is InChI=1S/C11H22O4Si/c1-6-9(12)11(10(13)7-2)16(8-3,14-4)15-5/h11H,6-8H2,1-5H3. The maximum Gasteiger partial charge on any atom is 0.355 e. The van der Waals surface area contributed by atoms with Crippen molar-refractivity contribution in [1.82, 2.24) is 0 Å². The summed E-state index contributed by atoms with van der Waals surface area (Å²) in [6, 6.07) is 0.599. The predicted octanol–water partition coefficient (Wildman–Crippen LogP) is 2.07. The fraction of sp³-hybridized carbons (Fsp3) is 0.818. The predicted molar refractivity (Wildman–Crippen MR) is 64.6 cm³/mol. The Morgan fingerprint density at radius 3 is 1.56 bits per heavy atom. The smallest absolute Gasteiger partial charge is 0.355 e. The first kappa shape index (κ1) is 15.5. The Hall–Kier alpha value is -0.523. The lowest BCUT2D eigenvalue weighted by molar-refractivity contribution is -0.127. The number of ketones is 2. The van der Waals surface area contributed by atoms with E-state index in [0.717, 1.165) is 0 Å². The molecule has 0 heterocycles. The zero-order valence-electron chi connectivity index (χ0n) is 10.8. The largest absolute Gasteiger partial charge is 0.397 e. The van der Waals surface area contributed by atoms with Gasteiger partial charge in [-0.2, -0.15) is 0 Å². The highest BCUT2D eigenvalue weighted by molar-refractivity contribution is 6.76. The average molecular weight is 246 g/mol. The van der Waals surface area contributed by atoms with Gasteiger partial charge in [0.25, 0.3) is 0 Å². The van der Waals surface area contributed by atoms with E-state index < -0.39 is 14.1 Å². The molecule has 0 aliphatic heterocycles. The number of carbonyl (C=O) groups is 2. The summed E-state index contributed by atoms with van der Waals surface area (Å²) in [6.45, 7) is 5.43. The molecule has 0 bridgehead atoms. The molecule has 0 rings (SSSR count). The first-order chi connectivity index (χ1) is 7.52. The maximum absolute atomic E-state index is 11.9. The summed E-state index contributed by atoms with van der Waals surface area (Å²) in [7, 11) is 0.338. The molecular weight excluding hydrogens is 224 g/mol. The van der Waals surface area contributed by atoms with Crippen molar-refractivity contribution >= 4 is 20.1 Å². The van der Waals surface area contributed by atoms with Crippen LogP contribution in [0.15, 0.2) is 0 Å². The van der Waals surface area contributed by atoms with Crippen molar-refractivity contribution < 1.29 is 18.4 Å². The zero-order chi connectivity index (χ0) is 12.8. The lowest BCUT2D eigenvalue weighted by Crippen LogP contribution is -2.50. The van der Waals surface area contributed by atoms with Crippen molar-refractivity contribution in [1.29, 1.82) is 0 Å². The molecule has 16 heavy (non-hydrogen) atoms. The molecule has 0 saturated carbocycles. The van der Waals surface area contributed by atoms with E-state index in [1.54, 1.807) is 13.8 Å². The van der Waals surface area contributed by atoms with Gasteiger partial charge in [-0.1, -0.05) is 20.8 Å². The maximum atomic E-state index is 11.9. The molecule has 0 atom stereocenters. The lowest BCUT2D eigenvalue weighted by Gasteiger charge is -2.32. The first-order valence-corrected chi connectivity index (χ1v) is 7.78. The highest BCUT2D eigenvalue weighted by Gasteiger charge is 2.49. The molecule has 0 radical (unpaired) electrons. The molecule has 94 valence electrons. The molecule has 0 amide bonds. The normalized spacial score (nSPS) is 11.9. The van der Waals surface area contributed by atoms with Gasteiger partial charge in [-0.3, -0.25) is 9.59 Å². The van der Waals surface area contributed by atoms with Crippen LogP contribution in [0.25, 0.3) is 0 Å². The van der Waals surface area contributed by atoms with Crippen LogP contribution in [0.3, 0.4) is 0 Å². The second-order valence-corrected chi connectivity index (χ2v) is 7.37. The molecule has 5 heteroatoms. The second kappa shape index (κ2) is 6.93. The van der Waals surface area contributed by atoms with Crippen molar-refractivity contribution in [2.24, 2.45) is 0 Å². The Kier molecular flexibility index (Phi) is 6.70. The minimum atomic E-state index is -2.71. The lowest BCUT2D eigenvalue weighted by atomic mass is 10.1. The Morgan fingerprint density at radius 2 is 1.38 bits per heavy atom. The van der Waals surface area contributed by atoms with Crippen molar-refractivity contribution in [3.05, 3.63) is 0 Å². The third-order valence-corrected chi connectivity index (χ3v) is 6.86. The first-order valence-electron chi connectivity index (χ1n) is 5.68. The topological polar surface area (TPSA) is 52.6 Å². The molecular formula is C11H22O4Si. The van der Waals surface area contributed by atoms with Crippen LogP contribution in [0.1, 0.15) is 33.6 Å². The molecule has 0 spiro atoms. The van der Waals surface area contributed by atoms with Crippen LogP contribution in [0.2, 0.25) is 11.6 Å². The third-order valence-electron chi connectivity index (χ3n) is 2.96. The summed E-state index contributed by atoms with van der Waals surface area (Å²) in [4.78, 5) is 23.8. The highest BCUT2D eigenvalue weighted by atomic mass is 28.4. The van der Waals surface area contributed by atoms with E-state index in [1.165, 1.54) is 14.2 Å². The van der Waals surface area contributed by atoms with Gasteiger partial charge in [-0.25, -0.2) is 0 Å². The second-order valence-electron chi connectivity index (χ2n) is 3.65. The van der Waals surface area contributed by atoms with E-state index in [2.05, 4.69) is 0 Å². The van der Waals surface area contributed by atoms with Gasteiger partial charge in [0.05, 0.1) is 0 Å². The minimum absolute atomic E-state index is 0.0657. The van der Waals surface area contributed by atoms with Gasteiger partial charge in [0.15, 0.2) is 0 Å². The molecule has 0 aliphatic rings. The van der Waals surface area contributed by atoms with Crippen LogP contribution in [-0.2, 0) is 18.4 Å². The Bertz CT molecular complexity index is 224. The quantitative estimate of drug-likeness (QED) is 0.486. The number of hydrogen-bond donors (Lipinski definition) is 0. The van der Waals surface area contributed by atoms with Crippen LogP contribution in [0, 0.1) is 0 Å². The SMILES string of the molecule is CCC(=O)C(C(=O)CC)[Si](CC)(OC)OC. The number of hydrogen-bond acceptors (Lipinski definition) is 4. The van der Waals surface area contributed by atoms with Crippen LogP contribution >= 0.6 is 0 Å². The van der Waals surface area contributed by atoms with E-state index in [0.29, 0.717) is 18.9 Å². The summed E-state index contributed by atoms with van der Waals surface area (Å²) < 4.78 is 10.8. The third kappa shape index (κ3) is 2.99. The van der Waals surface area contributed by atoms with Gasteiger partial charge in [-0.15, -0.1) is 0 Å². The number of carbonyl (C=O) groups excluding carboxylic acids is 2. The number of Topliss-reactive ketones (excluding diaryl/α,β-unsaturated/α-hetero) is 2. The van der Waals surface area contributed by atoms with E-state index >= 15 is 0 Å². The van der Waals surface area contributed by atoms with Crippen LogP contribution < -0.4 is 0 Å². The summed E-state index contributed by atoms with van der Waals surface area (Å²) in [5, 5.41) is 0. The van der Waals surface area contributed by atoms with Gasteiger partial charge in [0, 0.05) is 27.1 Å². The van der Waals surface area contributed by atoms with Crippen molar-refractivity contribution in [2.75, 3.05) is 14.2 Å². The minimum Gasteiger partial charge on any atom is -0.397 e. The number of rotatable bonds is 8. The van der Waals surface area contributed by atoms with Crippen LogP contribution in [0.4, 0.5) is 0 Å². The summed E-state index contributed by atoms with van der Waals surface area (Å²) >= 11 is 0. The van der Waals surface area contributed by atoms with Gasteiger partial charge in [-0.05, 0) is 6.04 Å². The summed E-state index contributed by atoms with van der Waals surface area (Å²) in [5.74, 6) is -0.131. The molecule has 0 aromatic carbocycles. The van der Waals surface area contributed by atoms with Crippen molar-refractivity contribution in [2.45, 2.75) is 45.2 Å². The molecule has 0 fully saturated rings. The summed E-state index contributed by atoms with van der Waals surface area (Å²) in [6.07, 6.45) is 0.690. The van der Waals surface area contributed by atoms with E-state index in [9.17, 15) is 9.59 Å². The molecule has 0 aromatic heterocycles. The molecule has 0 aliphatic carbocycles. The fourth-order valence-corrected chi connectivity index (χ4v) is 4.90. The van der Waals surface area contributed by atoms with Crippen LogP contribution in [0.5, 0.6) is 0 Å².